The van der Waals surface area contributed by atoms with Gasteiger partial charge in [-0.2, -0.15) is 0 Å². The second-order valence-electron chi connectivity index (χ2n) is 3.36. The van der Waals surface area contributed by atoms with E-state index in [-0.39, 0.29) is 22.8 Å². The molecule has 0 unspecified atom stereocenters. The van der Waals surface area contributed by atoms with Gasteiger partial charge in [0.25, 0.3) is 10.9 Å². The first-order valence-corrected chi connectivity index (χ1v) is 5.90. The van der Waals surface area contributed by atoms with E-state index in [2.05, 4.69) is 15.9 Å². The Morgan fingerprint density at radius 3 is 2.61 bits per heavy atom. The summed E-state index contributed by atoms with van der Waals surface area (Å²) in [4.78, 5) is 21.3. The summed E-state index contributed by atoms with van der Waals surface area (Å²) >= 11 is 8.41. The van der Waals surface area contributed by atoms with Crippen LogP contribution in [0.4, 0.5) is 5.69 Å². The first-order chi connectivity index (χ1) is 8.49. The zero-order chi connectivity index (χ0) is 13.3. The number of halogens is 2. The predicted octanol–water partition coefficient (Wildman–Crippen LogP) is 4.00. The topological polar surface area (TPSA) is 73.3 Å². The van der Waals surface area contributed by atoms with E-state index in [0.29, 0.717) is 4.47 Å². The van der Waals surface area contributed by atoms with E-state index in [1.807, 2.05) is 0 Å². The van der Waals surface area contributed by atoms with Gasteiger partial charge in [-0.15, -0.1) is 0 Å². The molecule has 1 heterocycles. The summed E-state index contributed by atoms with van der Waals surface area (Å²) in [5, 5.41) is 10.2. The van der Waals surface area contributed by atoms with Crippen LogP contribution in [-0.2, 0) is 0 Å². The summed E-state index contributed by atoms with van der Waals surface area (Å²) < 4.78 is 5.74. The van der Waals surface area contributed by atoms with Gasteiger partial charge in [0.15, 0.2) is 5.76 Å². The maximum atomic E-state index is 10.9. The minimum absolute atomic E-state index is 0.0520. The molecule has 5 nitrogen and oxygen atoms in total. The van der Waals surface area contributed by atoms with Crippen molar-refractivity contribution < 1.29 is 14.1 Å². The molecule has 0 spiro atoms. The first-order valence-electron chi connectivity index (χ1n) is 4.73. The van der Waals surface area contributed by atoms with Crippen LogP contribution in [0.2, 0.25) is 0 Å². The summed E-state index contributed by atoms with van der Waals surface area (Å²) in [5.41, 5.74) is 0.166. The molecule has 0 amide bonds. The molecule has 0 aliphatic rings. The van der Waals surface area contributed by atoms with Gasteiger partial charge in [0.1, 0.15) is 5.76 Å². The number of nitrogens with zero attached hydrogens (tertiary/aromatic N) is 1. The van der Waals surface area contributed by atoms with Crippen LogP contribution in [0, 0.1) is 10.1 Å². The van der Waals surface area contributed by atoms with Gasteiger partial charge in [-0.1, -0.05) is 15.9 Å². The molecular weight excluding hydrogens is 325 g/mol. The summed E-state index contributed by atoms with van der Waals surface area (Å²) in [6.07, 6.45) is 0. The molecule has 1 aromatic heterocycles. The average molecular weight is 331 g/mol. The minimum atomic E-state index is -0.749. The lowest BCUT2D eigenvalue weighted by Gasteiger charge is -2.00. The normalized spacial score (nSPS) is 10.3. The Labute approximate surface area is 115 Å². The molecule has 18 heavy (non-hydrogen) atoms. The summed E-state index contributed by atoms with van der Waals surface area (Å²) in [5.74, 6) is 0.169. The number of furan rings is 1. The van der Waals surface area contributed by atoms with Gasteiger partial charge in [-0.05, 0) is 35.9 Å². The number of hydrogen-bond donors (Lipinski definition) is 0. The van der Waals surface area contributed by atoms with Crippen molar-refractivity contribution in [2.45, 2.75) is 0 Å². The molecule has 0 saturated heterocycles. The fourth-order valence-corrected chi connectivity index (χ4v) is 1.90. The van der Waals surface area contributed by atoms with Crippen molar-refractivity contribution in [2.24, 2.45) is 0 Å². The zero-order valence-corrected chi connectivity index (χ0v) is 11.1. The highest BCUT2D eigenvalue weighted by molar-refractivity contribution is 9.10. The average Bonchev–Trinajstić information content (AvgIpc) is 2.78. The van der Waals surface area contributed by atoms with E-state index in [1.54, 1.807) is 6.07 Å². The Hall–Kier alpha value is -1.66. The molecule has 0 bridgehead atoms. The van der Waals surface area contributed by atoms with Crippen molar-refractivity contribution in [3.05, 3.63) is 50.7 Å². The van der Waals surface area contributed by atoms with Crippen molar-refractivity contribution >= 4 is 38.5 Å². The van der Waals surface area contributed by atoms with Crippen LogP contribution in [-0.4, -0.2) is 10.2 Å². The first kappa shape index (κ1) is 12.8. The van der Waals surface area contributed by atoms with Crippen LogP contribution in [0.1, 0.15) is 10.6 Å². The number of rotatable bonds is 3. The highest BCUT2D eigenvalue weighted by Gasteiger charge is 2.19. The van der Waals surface area contributed by atoms with Crippen molar-refractivity contribution in [2.75, 3.05) is 0 Å². The molecular formula is C11H5BrClNO4. The molecule has 1 aromatic carbocycles. The van der Waals surface area contributed by atoms with E-state index in [4.69, 9.17) is 16.0 Å². The van der Waals surface area contributed by atoms with Crippen LogP contribution in [0.25, 0.3) is 11.3 Å². The van der Waals surface area contributed by atoms with Gasteiger partial charge in [0, 0.05) is 10.5 Å². The number of nitro groups is 1. The standard InChI is InChI=1S/C11H5BrClNO4/c12-6-1-2-7(8(5-6)14(16)17)9-3-4-10(18-9)11(13)15/h1-5H. The zero-order valence-electron chi connectivity index (χ0n) is 8.72. The van der Waals surface area contributed by atoms with Gasteiger partial charge >= 0.3 is 0 Å². The predicted molar refractivity (Wildman–Crippen MR) is 68.7 cm³/mol. The molecule has 7 heteroatoms. The molecule has 0 atom stereocenters. The summed E-state index contributed by atoms with van der Waals surface area (Å²) in [6, 6.07) is 7.37. The quantitative estimate of drug-likeness (QED) is 0.484. The summed E-state index contributed by atoms with van der Waals surface area (Å²) in [7, 11) is 0. The third kappa shape index (κ3) is 2.44. The highest BCUT2D eigenvalue weighted by atomic mass is 79.9. The largest absolute Gasteiger partial charge is 0.451 e. The second kappa shape index (κ2) is 4.91. The monoisotopic (exact) mass is 329 g/mol. The molecule has 0 N–H and O–H groups in total. The number of carbonyl (C=O) groups is 1. The lowest BCUT2D eigenvalue weighted by atomic mass is 10.1. The molecule has 0 aliphatic carbocycles. The molecule has 0 radical (unpaired) electrons. The molecule has 0 aliphatic heterocycles. The van der Waals surface area contributed by atoms with Crippen molar-refractivity contribution in [3.63, 3.8) is 0 Å². The van der Waals surface area contributed by atoms with Crippen molar-refractivity contribution in [3.8, 4) is 11.3 Å². The Bertz CT molecular complexity index is 638. The van der Waals surface area contributed by atoms with E-state index in [1.165, 1.54) is 24.3 Å². The second-order valence-corrected chi connectivity index (χ2v) is 4.62. The van der Waals surface area contributed by atoms with Gasteiger partial charge in [-0.25, -0.2) is 0 Å². The van der Waals surface area contributed by atoms with E-state index >= 15 is 0 Å². The van der Waals surface area contributed by atoms with Crippen LogP contribution in [0.3, 0.4) is 0 Å². The molecule has 2 aromatic rings. The number of benzene rings is 1. The summed E-state index contributed by atoms with van der Waals surface area (Å²) in [6.45, 7) is 0. The van der Waals surface area contributed by atoms with E-state index < -0.39 is 10.2 Å². The molecule has 0 fully saturated rings. The number of carbonyl (C=O) groups excluding carboxylic acids is 1. The smallest absolute Gasteiger partial charge is 0.287 e. The van der Waals surface area contributed by atoms with Crippen LogP contribution in [0.5, 0.6) is 0 Å². The maximum absolute atomic E-state index is 10.9. The van der Waals surface area contributed by atoms with Gasteiger partial charge < -0.3 is 4.42 Å². The van der Waals surface area contributed by atoms with Crippen LogP contribution < -0.4 is 0 Å². The van der Waals surface area contributed by atoms with Crippen LogP contribution >= 0.6 is 27.5 Å². The van der Waals surface area contributed by atoms with Crippen molar-refractivity contribution in [1.82, 2.24) is 0 Å². The number of nitro benzene ring substituents is 1. The molecule has 2 rings (SSSR count). The fraction of sp³-hybridized carbons (Fsp3) is 0. The lowest BCUT2D eigenvalue weighted by molar-refractivity contribution is -0.384. The Morgan fingerprint density at radius 2 is 2.06 bits per heavy atom. The Morgan fingerprint density at radius 1 is 1.33 bits per heavy atom. The minimum Gasteiger partial charge on any atom is -0.451 e. The van der Waals surface area contributed by atoms with E-state index in [9.17, 15) is 14.9 Å². The molecule has 0 saturated carbocycles. The Balaban J connectivity index is 2.55. The van der Waals surface area contributed by atoms with E-state index in [0.717, 1.165) is 0 Å². The lowest BCUT2D eigenvalue weighted by Crippen LogP contribution is -1.91. The third-order valence-electron chi connectivity index (χ3n) is 2.22. The van der Waals surface area contributed by atoms with Gasteiger partial charge in [-0.3, -0.25) is 14.9 Å². The highest BCUT2D eigenvalue weighted by Crippen LogP contribution is 2.33. The Kier molecular flexibility index (Phi) is 3.49. The fourth-order valence-electron chi connectivity index (χ4n) is 1.45. The third-order valence-corrected chi connectivity index (χ3v) is 2.90. The SMILES string of the molecule is O=C(Cl)c1ccc(-c2ccc(Br)cc2[N+](=O)[O-])o1. The van der Waals surface area contributed by atoms with Crippen molar-refractivity contribution in [1.29, 1.82) is 0 Å². The number of hydrogen-bond acceptors (Lipinski definition) is 4. The van der Waals surface area contributed by atoms with Gasteiger partial charge in [0.05, 0.1) is 10.5 Å². The molecule has 92 valence electrons. The van der Waals surface area contributed by atoms with Gasteiger partial charge in [0.2, 0.25) is 0 Å². The maximum Gasteiger partial charge on any atom is 0.287 e. The van der Waals surface area contributed by atoms with Crippen LogP contribution in [0.15, 0.2) is 39.2 Å².